The van der Waals surface area contributed by atoms with Gasteiger partial charge in [0, 0.05) is 35.2 Å². The highest BCUT2D eigenvalue weighted by Crippen LogP contribution is 2.33. The summed E-state index contributed by atoms with van der Waals surface area (Å²) in [7, 11) is 0. The molecular weight excluding hydrogens is 480 g/mol. The van der Waals surface area contributed by atoms with Gasteiger partial charge in [-0.3, -0.25) is 9.59 Å². The molecule has 7 heteroatoms. The van der Waals surface area contributed by atoms with Crippen molar-refractivity contribution in [3.63, 3.8) is 0 Å². The molecule has 0 amide bonds. The van der Waals surface area contributed by atoms with Gasteiger partial charge in [0.05, 0.1) is 0 Å². The number of para-hydroxylation sites is 1. The third kappa shape index (κ3) is 11.1. The lowest BCUT2D eigenvalue weighted by Gasteiger charge is -2.34. The van der Waals surface area contributed by atoms with E-state index in [1.807, 2.05) is 59.7 Å². The highest BCUT2D eigenvalue weighted by molar-refractivity contribution is 7.81. The predicted molar refractivity (Wildman–Crippen MR) is 150 cm³/mol. The molecule has 1 N–H and O–H groups in total. The van der Waals surface area contributed by atoms with E-state index in [1.165, 1.54) is 13.8 Å². The van der Waals surface area contributed by atoms with Gasteiger partial charge in [-0.15, -0.1) is 0 Å². The van der Waals surface area contributed by atoms with Crippen LogP contribution in [0.4, 0.5) is 0 Å². The summed E-state index contributed by atoms with van der Waals surface area (Å²) in [5.74, 6) is -0.238. The first-order valence-electron chi connectivity index (χ1n) is 12.5. The molecule has 1 aromatic rings. The van der Waals surface area contributed by atoms with Crippen molar-refractivity contribution >= 4 is 37.2 Å². The molecule has 0 fully saturated rings. The highest BCUT2D eigenvalue weighted by Gasteiger charge is 2.34. The van der Waals surface area contributed by atoms with Crippen molar-refractivity contribution in [2.24, 2.45) is 10.8 Å². The number of esters is 2. The van der Waals surface area contributed by atoms with E-state index in [2.05, 4.69) is 0 Å². The number of aryl methyl sites for hydroxylation is 2. The van der Waals surface area contributed by atoms with Crippen molar-refractivity contribution in [2.75, 3.05) is 0 Å². The molecule has 0 aliphatic carbocycles. The minimum Gasteiger partial charge on any atom is -0.507 e. The fourth-order valence-corrected chi connectivity index (χ4v) is 5.76. The molecule has 0 aromatic heterocycles. The Morgan fingerprint density at radius 1 is 0.800 bits per heavy atom. The maximum absolute atomic E-state index is 11.5. The van der Waals surface area contributed by atoms with Crippen molar-refractivity contribution in [1.29, 1.82) is 0 Å². The second-order valence-electron chi connectivity index (χ2n) is 11.6. The first kappa shape index (κ1) is 31.7. The average molecular weight is 527 g/mol. The van der Waals surface area contributed by atoms with Gasteiger partial charge >= 0.3 is 11.9 Å². The summed E-state index contributed by atoms with van der Waals surface area (Å²) in [6.45, 7) is 15.1. The molecule has 0 radical (unpaired) electrons. The smallest absolute Gasteiger partial charge is 0.302 e. The van der Waals surface area contributed by atoms with Crippen molar-refractivity contribution in [1.82, 2.24) is 0 Å². The van der Waals surface area contributed by atoms with E-state index in [4.69, 9.17) is 34.7 Å². The highest BCUT2D eigenvalue weighted by atomic mass is 32.1. The number of hydrogen-bond donors (Lipinski definition) is 3. The normalized spacial score (nSPS) is 15.7. The largest absolute Gasteiger partial charge is 0.507 e. The summed E-state index contributed by atoms with van der Waals surface area (Å²) in [6.07, 6.45) is 4.09. The number of thiol groups is 2. The lowest BCUT2D eigenvalue weighted by molar-refractivity contribution is -0.152. The number of ether oxygens (including phenoxy) is 2. The molecule has 0 heterocycles. The summed E-state index contributed by atoms with van der Waals surface area (Å²) in [5.41, 5.74) is 1.43. The van der Waals surface area contributed by atoms with E-state index in [0.29, 0.717) is 5.75 Å². The first-order valence-corrected chi connectivity index (χ1v) is 13.6. The maximum atomic E-state index is 11.5. The molecule has 0 spiro atoms. The van der Waals surface area contributed by atoms with Crippen LogP contribution in [0.5, 0.6) is 5.75 Å². The standard InChI is InChI=1S/C28H46O5S2/c1-18(29)32-25(27(3,4)5)22(34)16-10-14-20-12-9-13-21(24(20)31)15-11-17-23(35)26(28(6,7)8)33-19(2)30/h9,12-13,22-23,25-26,31,34-35H,10-11,14-17H2,1-8H3. The van der Waals surface area contributed by atoms with Gasteiger partial charge in [-0.2, -0.15) is 25.3 Å². The fourth-order valence-electron chi connectivity index (χ4n) is 4.38. The van der Waals surface area contributed by atoms with Crippen molar-refractivity contribution in [3.05, 3.63) is 29.3 Å². The van der Waals surface area contributed by atoms with Gasteiger partial charge in [0.2, 0.25) is 0 Å². The maximum Gasteiger partial charge on any atom is 0.302 e. The monoisotopic (exact) mass is 526 g/mol. The number of rotatable bonds is 12. The SMILES string of the molecule is CC(=O)OC(C(S)CCCc1cccc(CCCC(S)C(OC(C)=O)C(C)(C)C)c1O)C(C)(C)C. The van der Waals surface area contributed by atoms with E-state index in [-0.39, 0.29) is 45.5 Å². The van der Waals surface area contributed by atoms with Crippen LogP contribution in [0.25, 0.3) is 0 Å². The molecule has 5 nitrogen and oxygen atoms in total. The van der Waals surface area contributed by atoms with Crippen LogP contribution in [0.1, 0.15) is 92.2 Å². The predicted octanol–water partition coefficient (Wildman–Crippen LogP) is 6.59. The van der Waals surface area contributed by atoms with Crippen LogP contribution >= 0.6 is 25.3 Å². The Morgan fingerprint density at radius 3 is 1.43 bits per heavy atom. The number of benzene rings is 1. The summed E-state index contributed by atoms with van der Waals surface area (Å²) >= 11 is 9.46. The lowest BCUT2D eigenvalue weighted by Crippen LogP contribution is -2.38. The van der Waals surface area contributed by atoms with Crippen LogP contribution in [0, 0.1) is 10.8 Å². The molecule has 0 saturated carbocycles. The third-order valence-electron chi connectivity index (χ3n) is 6.09. The second-order valence-corrected chi connectivity index (χ2v) is 13.0. The van der Waals surface area contributed by atoms with Crippen LogP contribution < -0.4 is 0 Å². The van der Waals surface area contributed by atoms with E-state index < -0.39 is 0 Å². The molecule has 1 aromatic carbocycles. The summed E-state index contributed by atoms with van der Waals surface area (Å²) in [4.78, 5) is 23.1. The Morgan fingerprint density at radius 2 is 1.14 bits per heavy atom. The minimum atomic E-state index is -0.292. The van der Waals surface area contributed by atoms with Crippen LogP contribution in [-0.2, 0) is 31.9 Å². The Balaban J connectivity index is 2.70. The number of phenolic OH excluding ortho intramolecular Hbond substituents is 1. The Labute approximate surface area is 223 Å². The van der Waals surface area contributed by atoms with E-state index in [1.54, 1.807) is 0 Å². The van der Waals surface area contributed by atoms with Gasteiger partial charge in [0.15, 0.2) is 0 Å². The molecule has 4 atom stereocenters. The fraction of sp³-hybridized carbons (Fsp3) is 0.714. The Hall–Kier alpha value is -1.34. The average Bonchev–Trinajstić information content (AvgIpc) is 2.70. The molecule has 200 valence electrons. The second kappa shape index (κ2) is 13.8. The van der Waals surface area contributed by atoms with Crippen LogP contribution in [0.3, 0.4) is 0 Å². The van der Waals surface area contributed by atoms with Gasteiger partial charge in [-0.25, -0.2) is 0 Å². The van der Waals surface area contributed by atoms with E-state index >= 15 is 0 Å². The zero-order valence-corrected chi connectivity index (χ0v) is 24.5. The quantitative estimate of drug-likeness (QED) is 0.212. The van der Waals surface area contributed by atoms with E-state index in [9.17, 15) is 14.7 Å². The molecule has 0 aliphatic heterocycles. The summed E-state index contributed by atoms with van der Waals surface area (Å²) < 4.78 is 11.1. The van der Waals surface area contributed by atoms with Crippen molar-refractivity contribution in [3.8, 4) is 5.75 Å². The van der Waals surface area contributed by atoms with Gasteiger partial charge in [-0.05, 0) is 49.7 Å². The van der Waals surface area contributed by atoms with Crippen molar-refractivity contribution in [2.45, 2.75) is 117 Å². The summed E-state index contributed by atoms with van der Waals surface area (Å²) in [5, 5.41) is 10.7. The van der Waals surface area contributed by atoms with Gasteiger partial charge in [-0.1, -0.05) is 59.7 Å². The van der Waals surface area contributed by atoms with E-state index in [0.717, 1.165) is 49.7 Å². The first-order chi connectivity index (χ1) is 16.0. The van der Waals surface area contributed by atoms with Crippen LogP contribution in [0.15, 0.2) is 18.2 Å². The van der Waals surface area contributed by atoms with Gasteiger partial charge < -0.3 is 14.6 Å². The molecular formula is C28H46O5S2. The number of aromatic hydroxyl groups is 1. The molecule has 0 bridgehead atoms. The van der Waals surface area contributed by atoms with Crippen molar-refractivity contribution < 1.29 is 24.2 Å². The van der Waals surface area contributed by atoms with Gasteiger partial charge in [0.1, 0.15) is 18.0 Å². The number of carbonyl (C=O) groups excluding carboxylic acids is 2. The third-order valence-corrected chi connectivity index (χ3v) is 7.15. The number of carbonyl (C=O) groups is 2. The molecule has 4 unspecified atom stereocenters. The number of hydrogen-bond acceptors (Lipinski definition) is 7. The Kier molecular flexibility index (Phi) is 12.5. The minimum absolute atomic E-state index is 0.0791. The Bertz CT molecular complexity index is 761. The molecule has 0 aliphatic rings. The van der Waals surface area contributed by atoms with Gasteiger partial charge in [0.25, 0.3) is 0 Å². The number of phenols is 1. The summed E-state index contributed by atoms with van der Waals surface area (Å²) in [6, 6.07) is 5.89. The zero-order chi connectivity index (χ0) is 27.0. The molecule has 1 rings (SSSR count). The zero-order valence-electron chi connectivity index (χ0n) is 22.8. The van der Waals surface area contributed by atoms with Crippen LogP contribution in [0.2, 0.25) is 0 Å². The molecule has 35 heavy (non-hydrogen) atoms. The van der Waals surface area contributed by atoms with Crippen LogP contribution in [-0.4, -0.2) is 39.8 Å². The molecule has 0 saturated heterocycles. The topological polar surface area (TPSA) is 72.8 Å². The lowest BCUT2D eigenvalue weighted by atomic mass is 9.85.